The van der Waals surface area contributed by atoms with Crippen LogP contribution in [0.2, 0.25) is 0 Å². The van der Waals surface area contributed by atoms with Crippen molar-refractivity contribution in [2.45, 2.75) is 19.4 Å². The van der Waals surface area contributed by atoms with Crippen molar-refractivity contribution in [3.05, 3.63) is 48.3 Å². The number of amides is 2. The summed E-state index contributed by atoms with van der Waals surface area (Å²) in [5, 5.41) is 14.9. The van der Waals surface area contributed by atoms with Crippen molar-refractivity contribution in [1.29, 1.82) is 0 Å². The standard InChI is InChI=1S/C18H20N4O3S/c1-12(16(24)19-7-4-10-23)20-17(25)13-5-6-14-15(11-13)26-18(21-14)22-8-2-3-9-22/h2-3,5-6,8-9,11-12,23H,4,7,10H2,1H3,(H,19,24)(H,20,25)/t12-/m1/s1. The predicted molar refractivity (Wildman–Crippen MR) is 101 cm³/mol. The van der Waals surface area contributed by atoms with Gasteiger partial charge in [-0.15, -0.1) is 0 Å². The molecule has 3 aromatic rings. The van der Waals surface area contributed by atoms with Crippen LogP contribution in [-0.4, -0.2) is 45.7 Å². The zero-order chi connectivity index (χ0) is 18.5. The van der Waals surface area contributed by atoms with Crippen LogP contribution in [0.5, 0.6) is 0 Å². The lowest BCUT2D eigenvalue weighted by Gasteiger charge is -2.14. The molecule has 2 aromatic heterocycles. The summed E-state index contributed by atoms with van der Waals surface area (Å²) in [7, 11) is 0. The maximum atomic E-state index is 12.4. The van der Waals surface area contributed by atoms with E-state index in [1.165, 1.54) is 11.3 Å². The number of rotatable bonds is 7. The molecule has 3 N–H and O–H groups in total. The maximum Gasteiger partial charge on any atom is 0.251 e. The van der Waals surface area contributed by atoms with E-state index in [1.54, 1.807) is 25.1 Å². The summed E-state index contributed by atoms with van der Waals surface area (Å²) < 4.78 is 2.82. The zero-order valence-electron chi connectivity index (χ0n) is 14.3. The first kappa shape index (κ1) is 18.1. The number of hydrogen-bond acceptors (Lipinski definition) is 5. The van der Waals surface area contributed by atoms with Gasteiger partial charge in [0.05, 0.1) is 10.2 Å². The molecule has 0 fully saturated rings. The summed E-state index contributed by atoms with van der Waals surface area (Å²) in [6.07, 6.45) is 4.32. The Labute approximate surface area is 154 Å². The molecule has 0 bridgehead atoms. The number of nitrogens with one attached hydrogen (secondary N) is 2. The third kappa shape index (κ3) is 4.09. The molecule has 3 rings (SSSR count). The first-order valence-corrected chi connectivity index (χ1v) is 9.13. The van der Waals surface area contributed by atoms with Gasteiger partial charge in [-0.1, -0.05) is 11.3 Å². The van der Waals surface area contributed by atoms with Crippen molar-refractivity contribution >= 4 is 33.4 Å². The van der Waals surface area contributed by atoms with Gasteiger partial charge in [-0.2, -0.15) is 0 Å². The van der Waals surface area contributed by atoms with E-state index in [0.29, 0.717) is 18.5 Å². The predicted octanol–water partition coefficient (Wildman–Crippen LogP) is 1.70. The average molecular weight is 372 g/mol. The Morgan fingerprint density at radius 1 is 1.31 bits per heavy atom. The molecule has 0 unspecified atom stereocenters. The minimum atomic E-state index is -0.659. The quantitative estimate of drug-likeness (QED) is 0.550. The fraction of sp³-hybridized carbons (Fsp3) is 0.278. The number of carbonyl (C=O) groups excluding carboxylic acids is 2. The number of benzene rings is 1. The van der Waals surface area contributed by atoms with Crippen LogP contribution in [0, 0.1) is 0 Å². The van der Waals surface area contributed by atoms with Crippen LogP contribution >= 0.6 is 11.3 Å². The lowest BCUT2D eigenvalue weighted by Crippen LogP contribution is -2.45. The molecule has 2 amide bonds. The Balaban J connectivity index is 1.69. The first-order chi connectivity index (χ1) is 12.6. The number of thiazole rings is 1. The average Bonchev–Trinajstić information content (AvgIpc) is 3.30. The Kier molecular flexibility index (Phi) is 5.65. The molecule has 0 aliphatic carbocycles. The van der Waals surface area contributed by atoms with Crippen LogP contribution in [0.25, 0.3) is 15.3 Å². The summed E-state index contributed by atoms with van der Waals surface area (Å²) >= 11 is 1.49. The third-order valence-electron chi connectivity index (χ3n) is 3.84. The molecular formula is C18H20N4O3S. The number of aliphatic hydroxyl groups excluding tert-OH is 1. The monoisotopic (exact) mass is 372 g/mol. The van der Waals surface area contributed by atoms with Crippen molar-refractivity contribution in [1.82, 2.24) is 20.2 Å². The number of aromatic nitrogens is 2. The van der Waals surface area contributed by atoms with Gasteiger partial charge in [0.25, 0.3) is 5.91 Å². The van der Waals surface area contributed by atoms with Crippen LogP contribution in [0.1, 0.15) is 23.7 Å². The summed E-state index contributed by atoms with van der Waals surface area (Å²) in [6, 6.07) is 8.49. The molecule has 1 aromatic carbocycles. The zero-order valence-corrected chi connectivity index (χ0v) is 15.1. The van der Waals surface area contributed by atoms with Gasteiger partial charge in [-0.25, -0.2) is 4.98 Å². The van der Waals surface area contributed by atoms with E-state index in [0.717, 1.165) is 15.3 Å². The van der Waals surface area contributed by atoms with Gasteiger partial charge in [0.1, 0.15) is 6.04 Å². The van der Waals surface area contributed by atoms with Crippen LogP contribution in [0.3, 0.4) is 0 Å². The smallest absolute Gasteiger partial charge is 0.251 e. The van der Waals surface area contributed by atoms with E-state index in [1.807, 2.05) is 29.1 Å². The van der Waals surface area contributed by atoms with Gasteiger partial charge in [0.15, 0.2) is 5.13 Å². The lowest BCUT2D eigenvalue weighted by atomic mass is 10.2. The second-order valence-corrected chi connectivity index (χ2v) is 6.84. The molecule has 0 radical (unpaired) electrons. The highest BCUT2D eigenvalue weighted by molar-refractivity contribution is 7.20. The molecule has 0 aliphatic rings. The SMILES string of the molecule is C[C@@H](NC(=O)c1ccc2nc(-n3cccc3)sc2c1)C(=O)NCCCO. The molecule has 0 saturated heterocycles. The Hall–Kier alpha value is -2.71. The Morgan fingerprint density at radius 2 is 2.08 bits per heavy atom. The number of fused-ring (bicyclic) bond motifs is 1. The van der Waals surface area contributed by atoms with Gasteiger partial charge in [-0.05, 0) is 43.7 Å². The number of nitrogens with zero attached hydrogens (tertiary/aromatic N) is 2. The number of carbonyl (C=O) groups is 2. The lowest BCUT2D eigenvalue weighted by molar-refractivity contribution is -0.122. The molecule has 136 valence electrons. The van der Waals surface area contributed by atoms with Gasteiger partial charge >= 0.3 is 0 Å². The van der Waals surface area contributed by atoms with E-state index in [9.17, 15) is 9.59 Å². The molecule has 8 heteroatoms. The Bertz CT molecular complexity index is 904. The molecule has 0 spiro atoms. The summed E-state index contributed by atoms with van der Waals surface area (Å²) in [5.41, 5.74) is 1.31. The van der Waals surface area contributed by atoms with Gasteiger partial charge in [0.2, 0.25) is 5.91 Å². The Morgan fingerprint density at radius 3 is 2.81 bits per heavy atom. The third-order valence-corrected chi connectivity index (χ3v) is 4.87. The van der Waals surface area contributed by atoms with Crippen molar-refractivity contribution in [2.24, 2.45) is 0 Å². The van der Waals surface area contributed by atoms with Crippen molar-refractivity contribution in [3.8, 4) is 5.13 Å². The molecule has 2 heterocycles. The van der Waals surface area contributed by atoms with E-state index in [-0.39, 0.29) is 18.4 Å². The fourth-order valence-electron chi connectivity index (χ4n) is 2.42. The highest BCUT2D eigenvalue weighted by Gasteiger charge is 2.17. The largest absolute Gasteiger partial charge is 0.396 e. The first-order valence-electron chi connectivity index (χ1n) is 8.32. The topological polar surface area (TPSA) is 96.2 Å². The van der Waals surface area contributed by atoms with E-state index in [4.69, 9.17) is 5.11 Å². The normalized spacial score (nSPS) is 12.1. The van der Waals surface area contributed by atoms with E-state index in [2.05, 4.69) is 15.6 Å². The number of aliphatic hydroxyl groups is 1. The molecule has 0 aliphatic heterocycles. The highest BCUT2D eigenvalue weighted by Crippen LogP contribution is 2.26. The van der Waals surface area contributed by atoms with Crippen molar-refractivity contribution in [2.75, 3.05) is 13.2 Å². The van der Waals surface area contributed by atoms with Crippen LogP contribution in [-0.2, 0) is 4.79 Å². The molecule has 0 saturated carbocycles. The second-order valence-electron chi connectivity index (χ2n) is 5.83. The highest BCUT2D eigenvalue weighted by atomic mass is 32.1. The van der Waals surface area contributed by atoms with Crippen LogP contribution < -0.4 is 10.6 Å². The van der Waals surface area contributed by atoms with E-state index < -0.39 is 6.04 Å². The summed E-state index contributed by atoms with van der Waals surface area (Å²) in [6.45, 7) is 2.02. The maximum absolute atomic E-state index is 12.4. The van der Waals surface area contributed by atoms with Crippen molar-refractivity contribution in [3.63, 3.8) is 0 Å². The summed E-state index contributed by atoms with van der Waals surface area (Å²) in [5.74, 6) is -0.590. The molecule has 26 heavy (non-hydrogen) atoms. The van der Waals surface area contributed by atoms with Crippen LogP contribution in [0.15, 0.2) is 42.7 Å². The van der Waals surface area contributed by atoms with Crippen molar-refractivity contribution < 1.29 is 14.7 Å². The molecule has 1 atom stereocenters. The summed E-state index contributed by atoms with van der Waals surface area (Å²) in [4.78, 5) is 28.9. The van der Waals surface area contributed by atoms with Gasteiger partial charge < -0.3 is 20.3 Å². The van der Waals surface area contributed by atoms with Crippen LogP contribution in [0.4, 0.5) is 0 Å². The minimum Gasteiger partial charge on any atom is -0.396 e. The second kappa shape index (κ2) is 8.11. The van der Waals surface area contributed by atoms with E-state index >= 15 is 0 Å². The molecule has 7 nitrogen and oxygen atoms in total. The number of hydrogen-bond donors (Lipinski definition) is 3. The minimum absolute atomic E-state index is 0.0148. The molecular weight excluding hydrogens is 352 g/mol. The fourth-order valence-corrected chi connectivity index (χ4v) is 3.39. The van der Waals surface area contributed by atoms with Gasteiger partial charge in [0, 0.05) is 31.1 Å². The van der Waals surface area contributed by atoms with Gasteiger partial charge in [-0.3, -0.25) is 9.59 Å².